The standard InChI is InChI=1S/C50H82N3S/c1-2-10-34(11-3-1)49-41-14-4-7-15-44(41)51-50(52-49)35-22-26-38(27-23-35)53-45-16-8-5-12-39(45)42-30-36(24-28-46(42)53)32-18-20-33(21-19-32)37-25-29-48-43(31-37)40-13-6-9-17-47(40)54-48/h32-50,52H,1-31H2/q-1. The van der Waals surface area contributed by atoms with Crippen LogP contribution in [0.3, 0.4) is 0 Å². The van der Waals surface area contributed by atoms with Gasteiger partial charge in [-0.15, -0.1) is 6.04 Å². The third-order valence-electron chi connectivity index (χ3n) is 20.4. The Hall–Kier alpha value is 0.230. The molecule has 0 radical (unpaired) electrons. The number of likely N-dealkylation sites (tertiary alicyclic amines) is 1. The molecular weight excluding hydrogens is 675 g/mol. The van der Waals surface area contributed by atoms with Gasteiger partial charge in [0, 0.05) is 34.7 Å². The average molecular weight is 757 g/mol. The summed E-state index contributed by atoms with van der Waals surface area (Å²) in [5.74, 6) is 11.2. The van der Waals surface area contributed by atoms with Crippen molar-refractivity contribution < 1.29 is 0 Å². The van der Waals surface area contributed by atoms with E-state index in [4.69, 9.17) is 5.32 Å². The summed E-state index contributed by atoms with van der Waals surface area (Å²) in [4.78, 5) is 3.31. The van der Waals surface area contributed by atoms with Crippen molar-refractivity contribution >= 4 is 11.8 Å². The van der Waals surface area contributed by atoms with Gasteiger partial charge in [0.05, 0.1) is 0 Å². The van der Waals surface area contributed by atoms with Gasteiger partial charge in [-0.2, -0.15) is 11.8 Å². The van der Waals surface area contributed by atoms with E-state index in [2.05, 4.69) is 22.0 Å². The molecule has 3 aliphatic heterocycles. The zero-order valence-electron chi connectivity index (χ0n) is 34.7. The number of rotatable bonds is 5. The lowest BCUT2D eigenvalue weighted by Crippen LogP contribution is -2.59. The summed E-state index contributed by atoms with van der Waals surface area (Å²) in [6, 6.07) is 4.21. The fourth-order valence-electron chi connectivity index (χ4n) is 17.9. The van der Waals surface area contributed by atoms with Gasteiger partial charge < -0.3 is 10.6 Å². The van der Waals surface area contributed by atoms with Crippen molar-refractivity contribution in [2.45, 2.75) is 246 Å². The Labute approximate surface area is 337 Å². The van der Waals surface area contributed by atoms with Crippen molar-refractivity contribution in [2.24, 2.45) is 65.1 Å². The number of nitrogens with one attached hydrogen (secondary N) is 1. The van der Waals surface area contributed by atoms with Gasteiger partial charge in [0.2, 0.25) is 0 Å². The van der Waals surface area contributed by atoms with Gasteiger partial charge in [0.25, 0.3) is 0 Å². The second-order valence-corrected chi connectivity index (χ2v) is 24.1. The van der Waals surface area contributed by atoms with Gasteiger partial charge in [0.15, 0.2) is 0 Å². The maximum Gasteiger partial charge on any atom is 0.0133 e. The summed E-state index contributed by atoms with van der Waals surface area (Å²) in [6.45, 7) is 0. The fourth-order valence-corrected chi connectivity index (χ4v) is 20.0. The lowest BCUT2D eigenvalue weighted by Gasteiger charge is -2.60. The number of hydrogen-bond donors (Lipinski definition) is 1. The number of fused-ring (bicyclic) bond motifs is 7. The first kappa shape index (κ1) is 37.2. The minimum Gasteiger partial charge on any atom is -0.644 e. The van der Waals surface area contributed by atoms with Gasteiger partial charge in [-0.05, 0) is 194 Å². The van der Waals surface area contributed by atoms with Crippen LogP contribution in [0.2, 0.25) is 0 Å². The van der Waals surface area contributed by atoms with Crippen molar-refractivity contribution in [3.63, 3.8) is 0 Å². The molecule has 8 saturated carbocycles. The fraction of sp³-hybridized carbons (Fsp3) is 1.00. The molecule has 14 atom stereocenters. The van der Waals surface area contributed by atoms with Crippen molar-refractivity contribution in [3.8, 4) is 0 Å². The van der Waals surface area contributed by atoms with Crippen LogP contribution in [0.15, 0.2) is 0 Å². The van der Waals surface area contributed by atoms with E-state index in [1.54, 1.807) is 89.9 Å². The van der Waals surface area contributed by atoms with Gasteiger partial charge in [-0.3, -0.25) is 4.90 Å². The maximum atomic E-state index is 5.71. The quantitative estimate of drug-likeness (QED) is 0.303. The number of thioether (sulfide) groups is 1. The maximum absolute atomic E-state index is 5.71. The first-order valence-corrected chi connectivity index (χ1v) is 26.6. The van der Waals surface area contributed by atoms with Crippen LogP contribution in [-0.4, -0.2) is 51.8 Å². The Bertz CT molecular complexity index is 1230. The van der Waals surface area contributed by atoms with E-state index >= 15 is 0 Å². The molecule has 14 unspecified atom stereocenters. The monoisotopic (exact) mass is 757 g/mol. The topological polar surface area (TPSA) is 29.4 Å². The van der Waals surface area contributed by atoms with Crippen LogP contribution in [0.4, 0.5) is 0 Å². The average Bonchev–Trinajstić information content (AvgIpc) is 3.79. The molecule has 1 N–H and O–H groups in total. The van der Waals surface area contributed by atoms with Crippen LogP contribution < -0.4 is 5.32 Å². The SMILES string of the molecule is C1CCC(C2NC(C3CCC(N4C5CCCCC5C5CC(C6CCC(C7CCC8SC9CCCCC9C8C7)CC6)CCC54)CC3)[N-]C3CCCCC32)CC1. The van der Waals surface area contributed by atoms with E-state index < -0.39 is 0 Å². The summed E-state index contributed by atoms with van der Waals surface area (Å²) in [5, 5.41) is 12.2. The Balaban J connectivity index is 0.699. The molecule has 3 saturated heterocycles. The first-order valence-electron chi connectivity index (χ1n) is 25.6. The minimum absolute atomic E-state index is 0.470. The second-order valence-electron chi connectivity index (χ2n) is 22.6. The molecule has 0 aromatic carbocycles. The molecule has 54 heavy (non-hydrogen) atoms. The smallest absolute Gasteiger partial charge is 0.0133 e. The van der Waals surface area contributed by atoms with E-state index in [0.29, 0.717) is 12.2 Å². The van der Waals surface area contributed by atoms with Crippen LogP contribution >= 0.6 is 11.8 Å². The molecule has 0 spiro atoms. The summed E-state index contributed by atoms with van der Waals surface area (Å²) >= 11 is 2.47. The molecule has 0 aromatic rings. The molecule has 0 bridgehead atoms. The van der Waals surface area contributed by atoms with E-state index in [1.165, 1.54) is 109 Å². The molecule has 11 rings (SSSR count). The van der Waals surface area contributed by atoms with Crippen LogP contribution in [0, 0.1) is 65.1 Å². The largest absolute Gasteiger partial charge is 0.644 e. The molecule has 3 nitrogen and oxygen atoms in total. The lowest BCUT2D eigenvalue weighted by molar-refractivity contribution is 0.0318. The van der Waals surface area contributed by atoms with Gasteiger partial charge in [-0.25, -0.2) is 0 Å². The Morgan fingerprint density at radius 3 is 1.76 bits per heavy atom. The highest BCUT2D eigenvalue weighted by Gasteiger charge is 2.54. The molecule has 0 amide bonds. The van der Waals surface area contributed by atoms with Crippen molar-refractivity contribution in [3.05, 3.63) is 5.32 Å². The summed E-state index contributed by atoms with van der Waals surface area (Å²) in [7, 11) is 0. The van der Waals surface area contributed by atoms with Gasteiger partial charge >= 0.3 is 0 Å². The highest BCUT2D eigenvalue weighted by molar-refractivity contribution is 8.00. The molecule has 0 aromatic heterocycles. The summed E-state index contributed by atoms with van der Waals surface area (Å²) in [5.41, 5.74) is 0. The van der Waals surface area contributed by atoms with Crippen LogP contribution in [0.5, 0.6) is 0 Å². The third-order valence-corrected chi connectivity index (χ3v) is 22.3. The summed E-state index contributed by atoms with van der Waals surface area (Å²) < 4.78 is 0. The molecule has 4 heteroatoms. The molecule has 3 heterocycles. The van der Waals surface area contributed by atoms with E-state index in [1.807, 2.05) is 0 Å². The van der Waals surface area contributed by atoms with Crippen molar-refractivity contribution in [1.29, 1.82) is 0 Å². The van der Waals surface area contributed by atoms with E-state index in [-0.39, 0.29) is 0 Å². The second kappa shape index (κ2) is 16.4. The van der Waals surface area contributed by atoms with Gasteiger partial charge in [-0.1, -0.05) is 76.8 Å². The van der Waals surface area contributed by atoms with Gasteiger partial charge in [0.1, 0.15) is 0 Å². The zero-order valence-corrected chi connectivity index (χ0v) is 35.5. The minimum atomic E-state index is 0.470. The van der Waals surface area contributed by atoms with Crippen molar-refractivity contribution in [1.82, 2.24) is 10.2 Å². The molecule has 11 aliphatic rings. The normalized spacial score (nSPS) is 53.1. The molecular formula is C50H82N3S-. The Morgan fingerprint density at radius 1 is 0.389 bits per heavy atom. The van der Waals surface area contributed by atoms with E-state index in [0.717, 1.165) is 99.8 Å². The molecule has 304 valence electrons. The summed E-state index contributed by atoms with van der Waals surface area (Å²) in [6.07, 6.45) is 47.8. The van der Waals surface area contributed by atoms with Crippen LogP contribution in [0.1, 0.15) is 199 Å². The first-order chi connectivity index (χ1) is 26.7. The third kappa shape index (κ3) is 7.07. The highest BCUT2D eigenvalue weighted by Crippen LogP contribution is 2.59. The predicted octanol–water partition coefficient (Wildman–Crippen LogP) is 12.9. The van der Waals surface area contributed by atoms with Crippen molar-refractivity contribution in [2.75, 3.05) is 0 Å². The zero-order chi connectivity index (χ0) is 35.6. The van der Waals surface area contributed by atoms with E-state index in [9.17, 15) is 0 Å². The molecule has 11 fully saturated rings. The Kier molecular flexibility index (Phi) is 11.3. The number of hydrogen-bond acceptors (Lipinski definition) is 3. The number of nitrogens with zero attached hydrogens (tertiary/aromatic N) is 2. The van der Waals surface area contributed by atoms with Crippen LogP contribution in [-0.2, 0) is 0 Å². The highest BCUT2D eigenvalue weighted by atomic mass is 32.2. The lowest BCUT2D eigenvalue weighted by atomic mass is 9.61. The molecule has 8 aliphatic carbocycles. The Morgan fingerprint density at radius 2 is 0.963 bits per heavy atom. The van der Waals surface area contributed by atoms with Crippen LogP contribution in [0.25, 0.3) is 5.32 Å². The predicted molar refractivity (Wildman–Crippen MR) is 228 cm³/mol.